The highest BCUT2D eigenvalue weighted by atomic mass is 16.5. The van der Waals surface area contributed by atoms with Crippen molar-refractivity contribution in [2.75, 3.05) is 0 Å². The first-order valence-electron chi connectivity index (χ1n) is 6.12. The monoisotopic (exact) mass is 249 g/mol. The summed E-state index contributed by atoms with van der Waals surface area (Å²) in [5.74, 6) is -0.534. The number of hydrogen-bond acceptors (Lipinski definition) is 4. The van der Waals surface area contributed by atoms with Crippen LogP contribution in [-0.4, -0.2) is 18.1 Å². The summed E-state index contributed by atoms with van der Waals surface area (Å²) in [6, 6.07) is 6.99. The topological polar surface area (TPSA) is 55.7 Å². The Hall–Kier alpha value is -1.71. The van der Waals surface area contributed by atoms with Gasteiger partial charge in [-0.1, -0.05) is 29.4 Å². The number of hydrogen-bond donors (Lipinski definition) is 0. The Morgan fingerprint density at radius 3 is 2.56 bits per heavy atom. The molecule has 0 saturated heterocycles. The van der Waals surface area contributed by atoms with E-state index in [1.54, 1.807) is 13.8 Å². The number of aryl methyl sites for hydroxylation is 2. The van der Waals surface area contributed by atoms with Gasteiger partial charge in [0.25, 0.3) is 0 Å². The first-order chi connectivity index (χ1) is 8.54. The van der Waals surface area contributed by atoms with Crippen molar-refractivity contribution in [3.05, 3.63) is 40.3 Å². The predicted octanol–water partition coefficient (Wildman–Crippen LogP) is 3.01. The van der Waals surface area contributed by atoms with Gasteiger partial charge in [-0.2, -0.15) is 0 Å². The van der Waals surface area contributed by atoms with E-state index in [1.165, 1.54) is 0 Å². The average molecular weight is 249 g/mol. The van der Waals surface area contributed by atoms with E-state index in [1.807, 2.05) is 31.2 Å². The fourth-order valence-electron chi connectivity index (χ4n) is 1.71. The Morgan fingerprint density at radius 1 is 1.33 bits per heavy atom. The van der Waals surface area contributed by atoms with Gasteiger partial charge in [-0.3, -0.25) is 0 Å². The number of ether oxygens (including phenoxy) is 1. The standard InChI is InChI=1S/C14H19NO3/c1-10(2)18-14(16)13(15-17)9-8-12-7-5-4-6-11(12)3/h4-7,10,13H,8-9H2,1-3H3. The number of benzene rings is 1. The normalized spacial score (nSPS) is 12.2. The molecule has 4 nitrogen and oxygen atoms in total. The molecule has 0 N–H and O–H groups in total. The number of nitroso groups, excluding NO2 is 1. The van der Waals surface area contributed by atoms with Crippen molar-refractivity contribution >= 4 is 5.97 Å². The molecule has 0 heterocycles. The summed E-state index contributed by atoms with van der Waals surface area (Å²) in [6.45, 7) is 5.51. The van der Waals surface area contributed by atoms with Crippen molar-refractivity contribution in [2.24, 2.45) is 5.18 Å². The minimum atomic E-state index is -0.910. The van der Waals surface area contributed by atoms with Crippen LogP contribution in [0.15, 0.2) is 29.4 Å². The van der Waals surface area contributed by atoms with Crippen LogP contribution in [0.5, 0.6) is 0 Å². The number of esters is 1. The van der Waals surface area contributed by atoms with E-state index in [9.17, 15) is 9.70 Å². The quantitative estimate of drug-likeness (QED) is 0.575. The lowest BCUT2D eigenvalue weighted by molar-refractivity contribution is -0.149. The number of carbonyl (C=O) groups is 1. The highest BCUT2D eigenvalue weighted by Crippen LogP contribution is 2.13. The molecule has 1 atom stereocenters. The molecule has 0 bridgehead atoms. The number of carbonyl (C=O) groups excluding carboxylic acids is 1. The second kappa shape index (κ2) is 6.89. The Labute approximate surface area is 107 Å². The molecule has 0 aliphatic carbocycles. The molecule has 0 saturated carbocycles. The van der Waals surface area contributed by atoms with Crippen LogP contribution in [0, 0.1) is 11.8 Å². The maximum absolute atomic E-state index is 11.6. The third-order valence-electron chi connectivity index (χ3n) is 2.70. The van der Waals surface area contributed by atoms with Crippen molar-refractivity contribution in [3.8, 4) is 0 Å². The van der Waals surface area contributed by atoms with Crippen LogP contribution in [0.3, 0.4) is 0 Å². The summed E-state index contributed by atoms with van der Waals surface area (Å²) in [5.41, 5.74) is 2.28. The first kappa shape index (κ1) is 14.4. The zero-order chi connectivity index (χ0) is 13.5. The Balaban J connectivity index is 2.57. The summed E-state index contributed by atoms with van der Waals surface area (Å²) in [4.78, 5) is 22.3. The highest BCUT2D eigenvalue weighted by molar-refractivity contribution is 5.76. The van der Waals surface area contributed by atoms with Gasteiger partial charge in [-0.25, -0.2) is 4.79 Å². The van der Waals surface area contributed by atoms with Crippen LogP contribution in [0.4, 0.5) is 0 Å². The molecule has 1 rings (SSSR count). The molecule has 0 amide bonds. The maximum atomic E-state index is 11.6. The van der Waals surface area contributed by atoms with Gasteiger partial charge in [-0.05, 0) is 44.7 Å². The molecule has 98 valence electrons. The van der Waals surface area contributed by atoms with Gasteiger partial charge in [0.2, 0.25) is 0 Å². The van der Waals surface area contributed by atoms with E-state index in [0.29, 0.717) is 12.8 Å². The molecular weight excluding hydrogens is 230 g/mol. The van der Waals surface area contributed by atoms with Crippen molar-refractivity contribution in [3.63, 3.8) is 0 Å². The van der Waals surface area contributed by atoms with Crippen LogP contribution >= 0.6 is 0 Å². The third kappa shape index (κ3) is 4.28. The van der Waals surface area contributed by atoms with E-state index < -0.39 is 12.0 Å². The SMILES string of the molecule is Cc1ccccc1CCC(N=O)C(=O)OC(C)C. The molecule has 0 aliphatic rings. The molecule has 1 unspecified atom stereocenters. The van der Waals surface area contributed by atoms with Crippen LogP contribution in [0.25, 0.3) is 0 Å². The molecule has 0 fully saturated rings. The number of rotatable bonds is 6. The van der Waals surface area contributed by atoms with E-state index in [-0.39, 0.29) is 6.10 Å². The van der Waals surface area contributed by atoms with Gasteiger partial charge in [0, 0.05) is 0 Å². The van der Waals surface area contributed by atoms with Gasteiger partial charge in [0.1, 0.15) is 0 Å². The predicted molar refractivity (Wildman–Crippen MR) is 70.3 cm³/mol. The van der Waals surface area contributed by atoms with Gasteiger partial charge in [0.15, 0.2) is 6.04 Å². The Bertz CT molecular complexity index is 415. The summed E-state index contributed by atoms with van der Waals surface area (Å²) in [6.07, 6.45) is 0.816. The fourth-order valence-corrected chi connectivity index (χ4v) is 1.71. The second-order valence-corrected chi connectivity index (χ2v) is 4.57. The molecule has 18 heavy (non-hydrogen) atoms. The summed E-state index contributed by atoms with van der Waals surface area (Å²) in [5, 5.41) is 2.86. The number of nitrogens with zero attached hydrogens (tertiary/aromatic N) is 1. The third-order valence-corrected chi connectivity index (χ3v) is 2.70. The molecular formula is C14H19NO3. The minimum absolute atomic E-state index is 0.222. The smallest absolute Gasteiger partial charge is 0.334 e. The zero-order valence-corrected chi connectivity index (χ0v) is 11.1. The summed E-state index contributed by atoms with van der Waals surface area (Å²) in [7, 11) is 0. The molecule has 0 aromatic heterocycles. The van der Waals surface area contributed by atoms with Crippen LogP contribution in [0.2, 0.25) is 0 Å². The van der Waals surface area contributed by atoms with Crippen molar-refractivity contribution in [1.82, 2.24) is 0 Å². The van der Waals surface area contributed by atoms with Crippen molar-refractivity contribution in [1.29, 1.82) is 0 Å². The maximum Gasteiger partial charge on any atom is 0.334 e. The van der Waals surface area contributed by atoms with E-state index >= 15 is 0 Å². The van der Waals surface area contributed by atoms with Gasteiger partial charge >= 0.3 is 5.97 Å². The molecule has 1 aromatic rings. The lowest BCUT2D eigenvalue weighted by Crippen LogP contribution is -2.24. The molecule has 1 aromatic carbocycles. The lowest BCUT2D eigenvalue weighted by atomic mass is 10.0. The van der Waals surface area contributed by atoms with Gasteiger partial charge < -0.3 is 4.74 Å². The van der Waals surface area contributed by atoms with E-state index in [2.05, 4.69) is 5.18 Å². The first-order valence-corrected chi connectivity index (χ1v) is 6.12. The van der Waals surface area contributed by atoms with Crippen LogP contribution < -0.4 is 0 Å². The van der Waals surface area contributed by atoms with Crippen LogP contribution in [0.1, 0.15) is 31.4 Å². The second-order valence-electron chi connectivity index (χ2n) is 4.57. The van der Waals surface area contributed by atoms with Gasteiger partial charge in [0.05, 0.1) is 6.10 Å². The Kier molecular flexibility index (Phi) is 5.49. The van der Waals surface area contributed by atoms with Gasteiger partial charge in [-0.15, -0.1) is 4.91 Å². The van der Waals surface area contributed by atoms with Crippen LogP contribution in [-0.2, 0) is 16.0 Å². The molecule has 0 spiro atoms. The minimum Gasteiger partial charge on any atom is -0.461 e. The molecule has 0 radical (unpaired) electrons. The molecule has 0 aliphatic heterocycles. The van der Waals surface area contributed by atoms with Crippen molar-refractivity contribution < 1.29 is 9.53 Å². The largest absolute Gasteiger partial charge is 0.461 e. The highest BCUT2D eigenvalue weighted by Gasteiger charge is 2.21. The van der Waals surface area contributed by atoms with Crippen molar-refractivity contribution in [2.45, 2.75) is 45.8 Å². The lowest BCUT2D eigenvalue weighted by Gasteiger charge is -2.12. The average Bonchev–Trinajstić information content (AvgIpc) is 2.31. The zero-order valence-electron chi connectivity index (χ0n) is 11.1. The summed E-state index contributed by atoms with van der Waals surface area (Å²) >= 11 is 0. The van der Waals surface area contributed by atoms with E-state index in [0.717, 1.165) is 11.1 Å². The summed E-state index contributed by atoms with van der Waals surface area (Å²) < 4.78 is 4.99. The fraction of sp³-hybridized carbons (Fsp3) is 0.500. The Morgan fingerprint density at radius 2 is 2.00 bits per heavy atom. The molecule has 4 heteroatoms. The van der Waals surface area contributed by atoms with E-state index in [4.69, 9.17) is 4.74 Å².